The standard InChI is InChI=1S/C19H23ClN2O2/c1-2-4-18(23)5-3-12-21-19(24)22-13-10-16(11-14-22)15-6-8-17(20)9-7-15/h2-9,12,16,23H,10-11,13-14H2,1H3,(H,21,24)/b4-2-,12-3+,18-5+. The third-order valence-corrected chi connectivity index (χ3v) is 4.28. The Labute approximate surface area is 148 Å². The van der Waals surface area contributed by atoms with Crippen LogP contribution in [0.5, 0.6) is 0 Å². The molecule has 1 saturated heterocycles. The maximum Gasteiger partial charge on any atom is 0.321 e. The highest BCUT2D eigenvalue weighted by Crippen LogP contribution is 2.28. The van der Waals surface area contributed by atoms with E-state index in [0.29, 0.717) is 5.92 Å². The number of piperidine rings is 1. The molecule has 0 spiro atoms. The molecule has 24 heavy (non-hydrogen) atoms. The Hall–Kier alpha value is -2.20. The molecule has 0 atom stereocenters. The minimum atomic E-state index is -0.111. The van der Waals surface area contributed by atoms with Gasteiger partial charge in [-0.1, -0.05) is 29.8 Å². The predicted octanol–water partition coefficient (Wildman–Crippen LogP) is 4.76. The van der Waals surface area contributed by atoms with Gasteiger partial charge in [0.2, 0.25) is 0 Å². The average Bonchev–Trinajstić information content (AvgIpc) is 2.60. The summed E-state index contributed by atoms with van der Waals surface area (Å²) in [6.45, 7) is 3.28. The van der Waals surface area contributed by atoms with Crippen molar-refractivity contribution < 1.29 is 9.90 Å². The molecule has 2 N–H and O–H groups in total. The number of nitrogens with one attached hydrogen (secondary N) is 1. The van der Waals surface area contributed by atoms with E-state index in [4.69, 9.17) is 11.6 Å². The molecule has 0 radical (unpaired) electrons. The molecule has 0 aliphatic carbocycles. The van der Waals surface area contributed by atoms with Crippen molar-refractivity contribution in [2.24, 2.45) is 0 Å². The zero-order chi connectivity index (χ0) is 17.4. The highest BCUT2D eigenvalue weighted by atomic mass is 35.5. The van der Waals surface area contributed by atoms with E-state index in [1.807, 2.05) is 24.0 Å². The summed E-state index contributed by atoms with van der Waals surface area (Å²) < 4.78 is 0. The summed E-state index contributed by atoms with van der Waals surface area (Å²) in [5.74, 6) is 0.620. The van der Waals surface area contributed by atoms with E-state index < -0.39 is 0 Å². The summed E-state index contributed by atoms with van der Waals surface area (Å²) in [4.78, 5) is 13.9. The van der Waals surface area contributed by atoms with Crippen molar-refractivity contribution in [3.63, 3.8) is 0 Å². The van der Waals surface area contributed by atoms with Crippen LogP contribution in [0.15, 0.2) is 60.5 Å². The fraction of sp³-hybridized carbons (Fsp3) is 0.316. The second-order valence-electron chi connectivity index (χ2n) is 5.71. The smallest absolute Gasteiger partial charge is 0.321 e. The van der Waals surface area contributed by atoms with Gasteiger partial charge in [0.25, 0.3) is 0 Å². The number of aliphatic hydroxyl groups excluding tert-OH is 1. The van der Waals surface area contributed by atoms with Crippen LogP contribution in [0, 0.1) is 0 Å². The van der Waals surface area contributed by atoms with Crippen molar-refractivity contribution in [1.29, 1.82) is 0 Å². The molecule has 0 bridgehead atoms. The Bertz CT molecular complexity index is 627. The number of benzene rings is 1. The number of allylic oxidation sites excluding steroid dienone is 4. The topological polar surface area (TPSA) is 52.6 Å². The first-order valence-corrected chi connectivity index (χ1v) is 8.47. The largest absolute Gasteiger partial charge is 0.508 e. The predicted molar refractivity (Wildman–Crippen MR) is 98.2 cm³/mol. The number of hydrogen-bond acceptors (Lipinski definition) is 2. The number of urea groups is 1. The maximum atomic E-state index is 12.1. The van der Waals surface area contributed by atoms with Crippen molar-refractivity contribution >= 4 is 17.6 Å². The van der Waals surface area contributed by atoms with Crippen molar-refractivity contribution in [2.45, 2.75) is 25.7 Å². The molecule has 5 heteroatoms. The molecule has 1 aliphatic rings. The van der Waals surface area contributed by atoms with E-state index in [0.717, 1.165) is 31.0 Å². The van der Waals surface area contributed by atoms with Crippen molar-refractivity contribution in [1.82, 2.24) is 10.2 Å². The van der Waals surface area contributed by atoms with Gasteiger partial charge in [0.15, 0.2) is 0 Å². The van der Waals surface area contributed by atoms with Gasteiger partial charge in [-0.25, -0.2) is 4.79 Å². The zero-order valence-electron chi connectivity index (χ0n) is 13.8. The Kier molecular flexibility index (Phi) is 6.94. The fourth-order valence-corrected chi connectivity index (χ4v) is 2.86. The second kappa shape index (κ2) is 9.18. The molecular weight excluding hydrogens is 324 g/mol. The first-order valence-electron chi connectivity index (χ1n) is 8.09. The minimum Gasteiger partial charge on any atom is -0.508 e. The van der Waals surface area contributed by atoms with Gasteiger partial charge in [0.1, 0.15) is 5.76 Å². The summed E-state index contributed by atoms with van der Waals surface area (Å²) in [5, 5.41) is 12.9. The number of amides is 2. The van der Waals surface area contributed by atoms with Crippen LogP contribution in [0.1, 0.15) is 31.2 Å². The second-order valence-corrected chi connectivity index (χ2v) is 6.15. The van der Waals surface area contributed by atoms with Gasteiger partial charge in [0.05, 0.1) is 0 Å². The quantitative estimate of drug-likeness (QED) is 0.610. The SMILES string of the molecule is C\C=C/C(O)=C\C=C\NC(=O)N1CCC(c2ccc(Cl)cc2)CC1. The van der Waals surface area contributed by atoms with Crippen molar-refractivity contribution in [3.8, 4) is 0 Å². The molecule has 4 nitrogen and oxygen atoms in total. The molecule has 0 unspecified atom stereocenters. The highest BCUT2D eigenvalue weighted by molar-refractivity contribution is 6.30. The van der Waals surface area contributed by atoms with Gasteiger partial charge in [-0.3, -0.25) is 0 Å². The molecule has 2 amide bonds. The van der Waals surface area contributed by atoms with Crippen LogP contribution in [0.4, 0.5) is 4.79 Å². The van der Waals surface area contributed by atoms with E-state index in [1.54, 1.807) is 18.2 Å². The van der Waals surface area contributed by atoms with Gasteiger partial charge in [-0.2, -0.15) is 0 Å². The van der Waals surface area contributed by atoms with Gasteiger partial charge in [-0.05, 0) is 61.6 Å². The normalized spacial score (nSPS) is 16.9. The Morgan fingerprint density at radius 2 is 1.96 bits per heavy atom. The molecule has 0 saturated carbocycles. The molecule has 2 rings (SSSR count). The molecule has 1 aromatic carbocycles. The van der Waals surface area contributed by atoms with Crippen molar-refractivity contribution in [2.75, 3.05) is 13.1 Å². The number of nitrogens with zero attached hydrogens (tertiary/aromatic N) is 1. The zero-order valence-corrected chi connectivity index (χ0v) is 14.5. The summed E-state index contributed by atoms with van der Waals surface area (Å²) in [6.07, 6.45) is 9.87. The number of rotatable bonds is 4. The molecular formula is C19H23ClN2O2. The van der Waals surface area contributed by atoms with E-state index in [9.17, 15) is 9.90 Å². The first-order chi connectivity index (χ1) is 11.6. The number of likely N-dealkylation sites (tertiary alicyclic amines) is 1. The van der Waals surface area contributed by atoms with Crippen molar-refractivity contribution in [3.05, 3.63) is 71.1 Å². The molecule has 1 aliphatic heterocycles. The monoisotopic (exact) mass is 346 g/mol. The Morgan fingerprint density at radius 3 is 2.58 bits per heavy atom. The average molecular weight is 347 g/mol. The molecule has 0 aromatic heterocycles. The van der Waals surface area contributed by atoms with Crippen LogP contribution in [-0.2, 0) is 0 Å². The molecule has 1 aromatic rings. The van der Waals surface area contributed by atoms with E-state index in [-0.39, 0.29) is 11.8 Å². The van der Waals surface area contributed by atoms with Gasteiger partial charge < -0.3 is 15.3 Å². The van der Waals surface area contributed by atoms with E-state index >= 15 is 0 Å². The summed E-state index contributed by atoms with van der Waals surface area (Å²) in [5.41, 5.74) is 1.28. The minimum absolute atomic E-state index is 0.111. The van der Waals surface area contributed by atoms with Crippen LogP contribution < -0.4 is 5.32 Å². The number of carbonyl (C=O) groups excluding carboxylic acids is 1. The van der Waals surface area contributed by atoms with E-state index in [1.165, 1.54) is 17.8 Å². The number of halogens is 1. The first kappa shape index (κ1) is 18.1. The lowest BCUT2D eigenvalue weighted by Crippen LogP contribution is -2.42. The lowest BCUT2D eigenvalue weighted by Gasteiger charge is -2.31. The van der Waals surface area contributed by atoms with Crippen LogP contribution in [-0.4, -0.2) is 29.1 Å². The third-order valence-electron chi connectivity index (χ3n) is 4.03. The molecule has 1 fully saturated rings. The number of aliphatic hydroxyl groups is 1. The summed E-state index contributed by atoms with van der Waals surface area (Å²) in [6, 6.07) is 7.85. The van der Waals surface area contributed by atoms with Crippen LogP contribution in [0.25, 0.3) is 0 Å². The van der Waals surface area contributed by atoms with Crippen LogP contribution in [0.3, 0.4) is 0 Å². The third kappa shape index (κ3) is 5.46. The van der Waals surface area contributed by atoms with Crippen LogP contribution >= 0.6 is 11.6 Å². The lowest BCUT2D eigenvalue weighted by molar-refractivity contribution is 0.185. The Balaban J connectivity index is 1.79. The van der Waals surface area contributed by atoms with Gasteiger partial charge in [0, 0.05) is 24.3 Å². The van der Waals surface area contributed by atoms with Gasteiger partial charge >= 0.3 is 6.03 Å². The van der Waals surface area contributed by atoms with E-state index in [2.05, 4.69) is 17.4 Å². The summed E-state index contributed by atoms with van der Waals surface area (Å²) >= 11 is 5.92. The lowest BCUT2D eigenvalue weighted by atomic mass is 9.90. The highest BCUT2D eigenvalue weighted by Gasteiger charge is 2.23. The fourth-order valence-electron chi connectivity index (χ4n) is 2.73. The summed E-state index contributed by atoms with van der Waals surface area (Å²) in [7, 11) is 0. The molecule has 1 heterocycles. The molecule has 128 valence electrons. The van der Waals surface area contributed by atoms with Crippen LogP contribution in [0.2, 0.25) is 5.02 Å². The van der Waals surface area contributed by atoms with Gasteiger partial charge in [-0.15, -0.1) is 0 Å². The number of carbonyl (C=O) groups is 1. The maximum absolute atomic E-state index is 12.1. The number of hydrogen-bond donors (Lipinski definition) is 2. The Morgan fingerprint density at radius 1 is 1.29 bits per heavy atom.